The van der Waals surface area contributed by atoms with Gasteiger partial charge in [-0.3, -0.25) is 19.2 Å². The van der Waals surface area contributed by atoms with Crippen molar-refractivity contribution in [2.24, 2.45) is 11.8 Å². The van der Waals surface area contributed by atoms with Gasteiger partial charge in [0.05, 0.1) is 12.6 Å². The Morgan fingerprint density at radius 3 is 2.59 bits per heavy atom. The highest BCUT2D eigenvalue weighted by atomic mass is 16.5. The van der Waals surface area contributed by atoms with E-state index in [1.807, 2.05) is 18.2 Å². The Morgan fingerprint density at radius 2 is 1.92 bits per heavy atom. The summed E-state index contributed by atoms with van der Waals surface area (Å²) < 4.78 is 6.25. The predicted octanol–water partition coefficient (Wildman–Crippen LogP) is 0.463. The molecule has 4 amide bonds. The Bertz CT molecular complexity index is 1190. The first-order valence-corrected chi connectivity index (χ1v) is 13.7. The van der Waals surface area contributed by atoms with E-state index in [4.69, 9.17) is 4.74 Å². The molecule has 2 heterocycles. The standard InChI is InChI=1S/C28H35N5O6/c1-32(25(36)21(10-17-6-7-17)31-24(35)15-34)22(11-18-8-9-18)26(37)33-16-28(12-20(33)13-29)27(38)30-14-19-4-2-3-5-23(19)39-28/h2-5,17-18,20-22,34H,6-12,14-16H2,1H3,(H,30,38)(H,31,35). The second-order valence-electron chi connectivity index (χ2n) is 11.3. The number of likely N-dealkylation sites (N-methyl/N-ethyl adjacent to an activating group) is 1. The predicted molar refractivity (Wildman–Crippen MR) is 138 cm³/mol. The summed E-state index contributed by atoms with van der Waals surface area (Å²) in [6.45, 7) is -0.556. The van der Waals surface area contributed by atoms with Crippen LogP contribution in [0, 0.1) is 23.2 Å². The maximum Gasteiger partial charge on any atom is 0.266 e. The van der Waals surface area contributed by atoms with Gasteiger partial charge < -0.3 is 30.3 Å². The third-order valence-electron chi connectivity index (χ3n) is 8.28. The summed E-state index contributed by atoms with van der Waals surface area (Å²) in [5, 5.41) is 24.7. The fraction of sp³-hybridized carbons (Fsp3) is 0.607. The van der Waals surface area contributed by atoms with Crippen LogP contribution in [0.1, 0.15) is 50.5 Å². The minimum Gasteiger partial charge on any atom is -0.475 e. The highest BCUT2D eigenvalue weighted by molar-refractivity contribution is 5.94. The maximum absolute atomic E-state index is 14.1. The molecular formula is C28H35N5O6. The van der Waals surface area contributed by atoms with Crippen LogP contribution in [-0.2, 0) is 25.7 Å². The number of fused-ring (bicyclic) bond motifs is 1. The number of para-hydroxylation sites is 1. The molecule has 39 heavy (non-hydrogen) atoms. The van der Waals surface area contributed by atoms with Crippen molar-refractivity contribution in [1.29, 1.82) is 5.26 Å². The number of nitrogens with zero attached hydrogens (tertiary/aromatic N) is 3. The Labute approximate surface area is 227 Å². The van der Waals surface area contributed by atoms with Crippen molar-refractivity contribution in [3.8, 4) is 11.8 Å². The Kier molecular flexibility index (Phi) is 7.49. The number of benzene rings is 1. The first-order chi connectivity index (χ1) is 18.7. The van der Waals surface area contributed by atoms with Crippen molar-refractivity contribution >= 4 is 23.6 Å². The van der Waals surface area contributed by atoms with Gasteiger partial charge in [0, 0.05) is 25.6 Å². The molecule has 11 nitrogen and oxygen atoms in total. The van der Waals surface area contributed by atoms with Crippen LogP contribution in [0.3, 0.4) is 0 Å². The quantitative estimate of drug-likeness (QED) is 0.414. The summed E-state index contributed by atoms with van der Waals surface area (Å²) in [7, 11) is 1.55. The lowest BCUT2D eigenvalue weighted by Gasteiger charge is -2.34. The molecule has 1 aromatic carbocycles. The van der Waals surface area contributed by atoms with Crippen LogP contribution in [0.4, 0.5) is 0 Å². The topological polar surface area (TPSA) is 152 Å². The van der Waals surface area contributed by atoms with Crippen LogP contribution in [0.5, 0.6) is 5.75 Å². The Hall–Kier alpha value is -3.65. The number of hydrogen-bond acceptors (Lipinski definition) is 7. The first-order valence-electron chi connectivity index (χ1n) is 13.7. The van der Waals surface area contributed by atoms with E-state index in [1.165, 1.54) is 9.80 Å². The highest BCUT2D eigenvalue weighted by Gasteiger charge is 2.55. The van der Waals surface area contributed by atoms with Gasteiger partial charge in [-0.2, -0.15) is 5.26 Å². The number of aliphatic hydroxyl groups excluding tert-OH is 1. The molecule has 11 heteroatoms. The summed E-state index contributed by atoms with van der Waals surface area (Å²) in [6.07, 6.45) is 4.73. The summed E-state index contributed by atoms with van der Waals surface area (Å²) >= 11 is 0. The number of hydrogen-bond donors (Lipinski definition) is 3. The number of aliphatic hydroxyl groups is 1. The lowest BCUT2D eigenvalue weighted by molar-refractivity contribution is -0.148. The Morgan fingerprint density at radius 1 is 1.23 bits per heavy atom. The van der Waals surface area contributed by atoms with Gasteiger partial charge >= 0.3 is 0 Å². The van der Waals surface area contributed by atoms with Crippen LogP contribution >= 0.6 is 0 Å². The lowest BCUT2D eigenvalue weighted by Crippen LogP contribution is -2.57. The molecule has 0 bridgehead atoms. The number of carbonyl (C=O) groups excluding carboxylic acids is 4. The van der Waals surface area contributed by atoms with E-state index < -0.39 is 48.1 Å². The molecule has 3 N–H and O–H groups in total. The number of rotatable bonds is 9. The van der Waals surface area contributed by atoms with E-state index in [0.29, 0.717) is 24.5 Å². The average Bonchev–Trinajstić information content (AvgIpc) is 3.88. The van der Waals surface area contributed by atoms with Gasteiger partial charge in [0.1, 0.15) is 30.5 Å². The highest BCUT2D eigenvalue weighted by Crippen LogP contribution is 2.39. The molecule has 4 unspecified atom stereocenters. The number of nitriles is 1. The minimum atomic E-state index is -1.42. The maximum atomic E-state index is 14.1. The van der Waals surface area contributed by atoms with Gasteiger partial charge in [0.15, 0.2) is 0 Å². The van der Waals surface area contributed by atoms with Crippen LogP contribution < -0.4 is 15.4 Å². The van der Waals surface area contributed by atoms with Crippen LogP contribution in [0.2, 0.25) is 0 Å². The van der Waals surface area contributed by atoms with Gasteiger partial charge in [0.2, 0.25) is 23.3 Å². The van der Waals surface area contributed by atoms with Crippen molar-refractivity contribution in [2.45, 2.75) is 75.2 Å². The molecule has 0 radical (unpaired) electrons. The lowest BCUT2D eigenvalue weighted by atomic mass is 9.99. The third kappa shape index (κ3) is 5.71. The molecular weight excluding hydrogens is 502 g/mol. The van der Waals surface area contributed by atoms with Crippen molar-refractivity contribution < 1.29 is 29.0 Å². The molecule has 1 aromatic rings. The van der Waals surface area contributed by atoms with Crippen LogP contribution in [0.25, 0.3) is 0 Å². The summed E-state index contributed by atoms with van der Waals surface area (Å²) in [4.78, 5) is 55.7. The fourth-order valence-electron chi connectivity index (χ4n) is 5.63. The van der Waals surface area contributed by atoms with Crippen molar-refractivity contribution in [2.75, 3.05) is 20.2 Å². The second-order valence-corrected chi connectivity index (χ2v) is 11.3. The van der Waals surface area contributed by atoms with Gasteiger partial charge in [-0.1, -0.05) is 43.9 Å². The molecule has 4 aliphatic rings. The zero-order chi connectivity index (χ0) is 27.7. The smallest absolute Gasteiger partial charge is 0.266 e. The third-order valence-corrected chi connectivity index (χ3v) is 8.28. The molecule has 2 aliphatic heterocycles. The summed E-state index contributed by atoms with van der Waals surface area (Å²) in [6, 6.07) is 6.84. The fourth-order valence-corrected chi connectivity index (χ4v) is 5.63. The molecule has 5 rings (SSSR count). The SMILES string of the molecule is CN(C(=O)C(CC1CC1)NC(=O)CO)C(CC1CC1)C(=O)N1CC2(CC1C#N)Oc1ccccc1CNC2=O. The number of nitrogens with one attached hydrogen (secondary N) is 2. The number of ether oxygens (including phenoxy) is 1. The number of amides is 4. The first kappa shape index (κ1) is 26.9. The zero-order valence-electron chi connectivity index (χ0n) is 22.1. The average molecular weight is 538 g/mol. The number of likely N-dealkylation sites (tertiary alicyclic amines) is 1. The second kappa shape index (κ2) is 10.8. The monoisotopic (exact) mass is 537 g/mol. The summed E-state index contributed by atoms with van der Waals surface area (Å²) in [5.41, 5.74) is -0.608. The normalized spacial score (nSPS) is 25.4. The van der Waals surface area contributed by atoms with Gasteiger partial charge in [-0.25, -0.2) is 0 Å². The van der Waals surface area contributed by atoms with Crippen LogP contribution in [0.15, 0.2) is 24.3 Å². The number of carbonyl (C=O) groups is 4. The van der Waals surface area contributed by atoms with Crippen LogP contribution in [-0.4, -0.2) is 82.5 Å². The molecule has 2 saturated carbocycles. The van der Waals surface area contributed by atoms with E-state index in [1.54, 1.807) is 13.1 Å². The zero-order valence-corrected chi connectivity index (χ0v) is 22.1. The van der Waals surface area contributed by atoms with Crippen molar-refractivity contribution in [3.63, 3.8) is 0 Å². The molecule has 208 valence electrons. The van der Waals surface area contributed by atoms with E-state index in [0.717, 1.165) is 31.2 Å². The Balaban J connectivity index is 1.39. The van der Waals surface area contributed by atoms with Gasteiger partial charge in [0.25, 0.3) is 5.91 Å². The molecule has 2 aliphatic carbocycles. The van der Waals surface area contributed by atoms with E-state index >= 15 is 0 Å². The molecule has 4 atom stereocenters. The minimum absolute atomic E-state index is 0.0140. The van der Waals surface area contributed by atoms with Crippen molar-refractivity contribution in [3.05, 3.63) is 29.8 Å². The van der Waals surface area contributed by atoms with E-state index in [9.17, 15) is 29.5 Å². The molecule has 0 aromatic heterocycles. The van der Waals surface area contributed by atoms with E-state index in [2.05, 4.69) is 16.7 Å². The molecule has 1 spiro atoms. The molecule has 1 saturated heterocycles. The summed E-state index contributed by atoms with van der Waals surface area (Å²) in [5.74, 6) is -0.699. The largest absolute Gasteiger partial charge is 0.475 e. The van der Waals surface area contributed by atoms with Crippen molar-refractivity contribution in [1.82, 2.24) is 20.4 Å². The van der Waals surface area contributed by atoms with Gasteiger partial charge in [-0.15, -0.1) is 0 Å². The van der Waals surface area contributed by atoms with Gasteiger partial charge in [-0.05, 0) is 30.7 Å². The molecule has 3 fully saturated rings. The van der Waals surface area contributed by atoms with E-state index in [-0.39, 0.29) is 31.3 Å².